The molecular formula is C18H40IN5. The molecule has 1 aliphatic rings. The maximum Gasteiger partial charge on any atom is 0.191 e. The smallest absolute Gasteiger partial charge is 0.191 e. The van der Waals surface area contributed by atoms with Gasteiger partial charge in [0.1, 0.15) is 0 Å². The second-order valence-electron chi connectivity index (χ2n) is 7.27. The van der Waals surface area contributed by atoms with Crippen LogP contribution >= 0.6 is 24.0 Å². The van der Waals surface area contributed by atoms with Gasteiger partial charge in [-0.15, -0.1) is 24.0 Å². The maximum atomic E-state index is 4.33. The number of likely N-dealkylation sites (N-methyl/N-ethyl adjacent to an activating group) is 1. The molecule has 0 aliphatic heterocycles. The van der Waals surface area contributed by atoms with Gasteiger partial charge in [0.15, 0.2) is 5.96 Å². The summed E-state index contributed by atoms with van der Waals surface area (Å²) in [5.74, 6) is 0.914. The van der Waals surface area contributed by atoms with Crippen LogP contribution in [0.15, 0.2) is 4.99 Å². The van der Waals surface area contributed by atoms with Crippen molar-refractivity contribution in [2.75, 3.05) is 40.3 Å². The van der Waals surface area contributed by atoms with E-state index in [-0.39, 0.29) is 24.0 Å². The van der Waals surface area contributed by atoms with Crippen molar-refractivity contribution in [1.82, 2.24) is 20.4 Å². The van der Waals surface area contributed by atoms with Crippen LogP contribution in [-0.4, -0.2) is 74.2 Å². The van der Waals surface area contributed by atoms with Gasteiger partial charge in [-0.2, -0.15) is 0 Å². The quantitative estimate of drug-likeness (QED) is 0.320. The molecule has 0 bridgehead atoms. The predicted octanol–water partition coefficient (Wildman–Crippen LogP) is 2.76. The van der Waals surface area contributed by atoms with E-state index in [9.17, 15) is 0 Å². The zero-order valence-corrected chi connectivity index (χ0v) is 19.0. The van der Waals surface area contributed by atoms with Crippen molar-refractivity contribution in [3.8, 4) is 0 Å². The summed E-state index contributed by atoms with van der Waals surface area (Å²) in [4.78, 5) is 9.31. The van der Waals surface area contributed by atoms with E-state index < -0.39 is 0 Å². The van der Waals surface area contributed by atoms with Crippen molar-refractivity contribution >= 4 is 29.9 Å². The number of hydrogen-bond acceptors (Lipinski definition) is 3. The standard InChI is InChI=1S/C18H39N5.HI/c1-15(2)23(16(3)4)14-12-21-18(19-5)20-11-13-22(6)17-9-7-8-10-17;/h15-17H,7-14H2,1-6H3,(H2,19,20,21);1H. The van der Waals surface area contributed by atoms with E-state index in [2.05, 4.69) is 60.2 Å². The lowest BCUT2D eigenvalue weighted by Gasteiger charge is -2.30. The van der Waals surface area contributed by atoms with Gasteiger partial charge in [-0.1, -0.05) is 12.8 Å². The van der Waals surface area contributed by atoms with E-state index >= 15 is 0 Å². The highest BCUT2D eigenvalue weighted by atomic mass is 127. The van der Waals surface area contributed by atoms with Crippen LogP contribution in [0.25, 0.3) is 0 Å². The second kappa shape index (κ2) is 13.2. The Bertz CT molecular complexity index is 332. The lowest BCUT2D eigenvalue weighted by atomic mass is 10.2. The van der Waals surface area contributed by atoms with Crippen LogP contribution in [0.5, 0.6) is 0 Å². The molecule has 0 atom stereocenters. The van der Waals surface area contributed by atoms with Crippen molar-refractivity contribution in [2.24, 2.45) is 4.99 Å². The molecule has 0 radical (unpaired) electrons. The Balaban J connectivity index is 0.00000529. The highest BCUT2D eigenvalue weighted by Gasteiger charge is 2.18. The van der Waals surface area contributed by atoms with Crippen molar-refractivity contribution < 1.29 is 0 Å². The van der Waals surface area contributed by atoms with Gasteiger partial charge < -0.3 is 15.5 Å². The molecule has 5 nitrogen and oxygen atoms in total. The van der Waals surface area contributed by atoms with E-state index in [4.69, 9.17) is 0 Å². The Morgan fingerprint density at radius 1 is 1.00 bits per heavy atom. The van der Waals surface area contributed by atoms with Gasteiger partial charge in [-0.3, -0.25) is 9.89 Å². The summed E-state index contributed by atoms with van der Waals surface area (Å²) in [5.41, 5.74) is 0. The molecule has 0 unspecified atom stereocenters. The fraction of sp³-hybridized carbons (Fsp3) is 0.944. The largest absolute Gasteiger partial charge is 0.355 e. The normalized spacial score (nSPS) is 16.3. The zero-order chi connectivity index (χ0) is 17.2. The molecular weight excluding hydrogens is 413 g/mol. The summed E-state index contributed by atoms with van der Waals surface area (Å²) in [7, 11) is 4.09. The number of rotatable bonds is 9. The van der Waals surface area contributed by atoms with E-state index in [0.717, 1.165) is 38.2 Å². The molecule has 0 aromatic rings. The lowest BCUT2D eigenvalue weighted by molar-refractivity contribution is 0.178. The highest BCUT2D eigenvalue weighted by Crippen LogP contribution is 2.21. The molecule has 0 saturated heterocycles. The average Bonchev–Trinajstić information content (AvgIpc) is 3.03. The van der Waals surface area contributed by atoms with Gasteiger partial charge in [-0.05, 0) is 47.6 Å². The van der Waals surface area contributed by atoms with Gasteiger partial charge in [0, 0.05) is 51.4 Å². The summed E-state index contributed by atoms with van der Waals surface area (Å²) in [6.45, 7) is 13.0. The van der Waals surface area contributed by atoms with E-state index in [1.54, 1.807) is 0 Å². The Hall–Kier alpha value is -0.0800. The van der Waals surface area contributed by atoms with Crippen LogP contribution in [0.2, 0.25) is 0 Å². The van der Waals surface area contributed by atoms with E-state index in [1.165, 1.54) is 25.7 Å². The van der Waals surface area contributed by atoms with Crippen LogP contribution in [0, 0.1) is 0 Å². The minimum absolute atomic E-state index is 0. The van der Waals surface area contributed by atoms with Crippen LogP contribution in [-0.2, 0) is 0 Å². The third-order valence-corrected chi connectivity index (χ3v) is 4.92. The van der Waals surface area contributed by atoms with Crippen LogP contribution in [0.1, 0.15) is 53.4 Å². The van der Waals surface area contributed by atoms with Crippen LogP contribution < -0.4 is 10.6 Å². The van der Waals surface area contributed by atoms with Gasteiger partial charge in [-0.25, -0.2) is 0 Å². The van der Waals surface area contributed by atoms with Crippen molar-refractivity contribution in [1.29, 1.82) is 0 Å². The molecule has 1 rings (SSSR count). The monoisotopic (exact) mass is 453 g/mol. The van der Waals surface area contributed by atoms with Gasteiger partial charge in [0.2, 0.25) is 0 Å². The Labute approximate surface area is 167 Å². The lowest BCUT2D eigenvalue weighted by Crippen LogP contribution is -2.46. The zero-order valence-electron chi connectivity index (χ0n) is 16.6. The minimum atomic E-state index is 0. The van der Waals surface area contributed by atoms with Gasteiger partial charge in [0.05, 0.1) is 0 Å². The second-order valence-corrected chi connectivity index (χ2v) is 7.27. The first-order valence-electron chi connectivity index (χ1n) is 9.36. The molecule has 0 heterocycles. The molecule has 2 N–H and O–H groups in total. The molecule has 0 aromatic carbocycles. The molecule has 1 fully saturated rings. The van der Waals surface area contributed by atoms with Crippen LogP contribution in [0.4, 0.5) is 0 Å². The summed E-state index contributed by atoms with van der Waals surface area (Å²) in [6, 6.07) is 1.94. The number of aliphatic imine (C=N–C) groups is 1. The molecule has 0 amide bonds. The first-order valence-corrected chi connectivity index (χ1v) is 9.36. The van der Waals surface area contributed by atoms with E-state index in [1.807, 2.05) is 7.05 Å². The average molecular weight is 453 g/mol. The molecule has 1 saturated carbocycles. The SMILES string of the molecule is CN=C(NCCN(C)C1CCCC1)NCCN(C(C)C)C(C)C.I. The van der Waals surface area contributed by atoms with Crippen molar-refractivity contribution in [3.63, 3.8) is 0 Å². The Kier molecular flexibility index (Phi) is 13.1. The molecule has 0 spiro atoms. The fourth-order valence-electron chi connectivity index (χ4n) is 3.51. The number of halogens is 1. The Morgan fingerprint density at radius 3 is 1.96 bits per heavy atom. The number of hydrogen-bond donors (Lipinski definition) is 2. The van der Waals surface area contributed by atoms with Crippen LogP contribution in [0.3, 0.4) is 0 Å². The summed E-state index contributed by atoms with van der Waals surface area (Å²) < 4.78 is 0. The van der Waals surface area contributed by atoms with Gasteiger partial charge >= 0.3 is 0 Å². The predicted molar refractivity (Wildman–Crippen MR) is 117 cm³/mol. The highest BCUT2D eigenvalue weighted by molar-refractivity contribution is 14.0. The Morgan fingerprint density at radius 2 is 1.50 bits per heavy atom. The minimum Gasteiger partial charge on any atom is -0.355 e. The van der Waals surface area contributed by atoms with Crippen molar-refractivity contribution in [3.05, 3.63) is 0 Å². The number of nitrogens with zero attached hydrogens (tertiary/aromatic N) is 3. The summed E-state index contributed by atoms with van der Waals surface area (Å²) >= 11 is 0. The summed E-state index contributed by atoms with van der Waals surface area (Å²) in [6.07, 6.45) is 5.52. The third kappa shape index (κ3) is 8.85. The maximum absolute atomic E-state index is 4.33. The number of nitrogens with one attached hydrogen (secondary N) is 2. The molecule has 0 aromatic heterocycles. The van der Waals surface area contributed by atoms with Crippen molar-refractivity contribution in [2.45, 2.75) is 71.5 Å². The van der Waals surface area contributed by atoms with E-state index in [0.29, 0.717) is 12.1 Å². The first kappa shape index (κ1) is 23.9. The molecule has 24 heavy (non-hydrogen) atoms. The molecule has 144 valence electrons. The molecule has 6 heteroatoms. The first-order chi connectivity index (χ1) is 11.0. The molecule has 1 aliphatic carbocycles. The number of guanidine groups is 1. The van der Waals surface area contributed by atoms with Gasteiger partial charge in [0.25, 0.3) is 0 Å². The summed E-state index contributed by atoms with van der Waals surface area (Å²) in [5, 5.41) is 6.87. The third-order valence-electron chi connectivity index (χ3n) is 4.92. The topological polar surface area (TPSA) is 42.9 Å². The fourth-order valence-corrected chi connectivity index (χ4v) is 3.51.